The number of rotatable bonds is 9. The van der Waals surface area contributed by atoms with Crippen molar-refractivity contribution in [1.82, 2.24) is 5.32 Å². The highest BCUT2D eigenvalue weighted by Gasteiger charge is 2.22. The lowest BCUT2D eigenvalue weighted by atomic mass is 10.2. The summed E-state index contributed by atoms with van der Waals surface area (Å²) in [6, 6.07) is 0. The highest BCUT2D eigenvalue weighted by atomic mass is 32.2. The lowest BCUT2D eigenvalue weighted by Crippen LogP contribution is -2.24. The summed E-state index contributed by atoms with van der Waals surface area (Å²) in [4.78, 5) is 0. The van der Waals surface area contributed by atoms with Crippen molar-refractivity contribution in [2.45, 2.75) is 45.6 Å². The molecular formula is C13H27NO3S. The third-order valence-electron chi connectivity index (χ3n) is 3.08. The molecule has 1 N–H and O–H groups in total. The first kappa shape index (κ1) is 15.9. The number of hydrogen-bond acceptors (Lipinski definition) is 4. The number of ether oxygens (including phenoxy) is 1. The molecule has 0 saturated carbocycles. The van der Waals surface area contributed by atoms with E-state index in [0.29, 0.717) is 11.7 Å². The van der Waals surface area contributed by atoms with Gasteiger partial charge >= 0.3 is 0 Å². The molecule has 0 bridgehead atoms. The van der Waals surface area contributed by atoms with E-state index in [0.717, 1.165) is 45.4 Å². The van der Waals surface area contributed by atoms with Gasteiger partial charge in [0.2, 0.25) is 0 Å². The lowest BCUT2D eigenvalue weighted by molar-refractivity contribution is 0.127. The van der Waals surface area contributed by atoms with Crippen LogP contribution in [0.25, 0.3) is 0 Å². The molecule has 18 heavy (non-hydrogen) atoms. The van der Waals surface area contributed by atoms with E-state index in [2.05, 4.69) is 19.2 Å². The largest absolute Gasteiger partial charge is 0.377 e. The van der Waals surface area contributed by atoms with E-state index in [1.165, 1.54) is 0 Å². The molecule has 1 saturated heterocycles. The van der Waals surface area contributed by atoms with E-state index in [1.54, 1.807) is 0 Å². The van der Waals surface area contributed by atoms with Crippen molar-refractivity contribution in [3.05, 3.63) is 0 Å². The van der Waals surface area contributed by atoms with Gasteiger partial charge in [0.15, 0.2) is 9.84 Å². The molecule has 5 heteroatoms. The van der Waals surface area contributed by atoms with Gasteiger partial charge in [0.05, 0.1) is 17.6 Å². The third-order valence-corrected chi connectivity index (χ3v) is 4.87. The number of hydrogen-bond donors (Lipinski definition) is 1. The monoisotopic (exact) mass is 277 g/mol. The fourth-order valence-electron chi connectivity index (χ4n) is 2.11. The fraction of sp³-hybridized carbons (Fsp3) is 1.00. The van der Waals surface area contributed by atoms with E-state index >= 15 is 0 Å². The van der Waals surface area contributed by atoms with Gasteiger partial charge < -0.3 is 10.1 Å². The predicted molar refractivity (Wildman–Crippen MR) is 74.6 cm³/mol. The van der Waals surface area contributed by atoms with Crippen LogP contribution in [0.5, 0.6) is 0 Å². The van der Waals surface area contributed by atoms with Crippen LogP contribution in [-0.4, -0.2) is 45.7 Å². The van der Waals surface area contributed by atoms with Crippen LogP contribution in [0.4, 0.5) is 0 Å². The number of nitrogens with one attached hydrogen (secondary N) is 1. The summed E-state index contributed by atoms with van der Waals surface area (Å²) in [7, 11) is -2.92. The maximum absolute atomic E-state index is 11.8. The number of unbranched alkanes of at least 4 members (excludes halogenated alkanes) is 1. The van der Waals surface area contributed by atoms with Crippen molar-refractivity contribution in [1.29, 1.82) is 0 Å². The fourth-order valence-corrected chi connectivity index (χ4v) is 3.75. The molecule has 1 heterocycles. The summed E-state index contributed by atoms with van der Waals surface area (Å²) < 4.78 is 29.0. The van der Waals surface area contributed by atoms with Crippen molar-refractivity contribution < 1.29 is 13.2 Å². The molecule has 1 fully saturated rings. The molecule has 1 atom stereocenters. The maximum atomic E-state index is 11.8. The average molecular weight is 277 g/mol. The maximum Gasteiger partial charge on any atom is 0.152 e. The van der Waals surface area contributed by atoms with Gasteiger partial charge in [-0.15, -0.1) is 0 Å². The first-order chi connectivity index (χ1) is 8.49. The molecule has 0 radical (unpaired) electrons. The Balaban J connectivity index is 2.06. The van der Waals surface area contributed by atoms with Crippen LogP contribution in [0.15, 0.2) is 0 Å². The zero-order chi connectivity index (χ0) is 13.4. The molecule has 1 aliphatic heterocycles. The van der Waals surface area contributed by atoms with Gasteiger partial charge in [0.25, 0.3) is 0 Å². The van der Waals surface area contributed by atoms with Gasteiger partial charge in [0, 0.05) is 6.61 Å². The van der Waals surface area contributed by atoms with Gasteiger partial charge in [-0.1, -0.05) is 13.8 Å². The minimum atomic E-state index is -2.92. The summed E-state index contributed by atoms with van der Waals surface area (Å²) in [6.07, 6.45) is 3.53. The van der Waals surface area contributed by atoms with Crippen LogP contribution < -0.4 is 5.32 Å². The molecule has 0 aliphatic carbocycles. The Morgan fingerprint density at radius 3 is 2.72 bits per heavy atom. The Hall–Kier alpha value is -0.130. The molecule has 1 aliphatic rings. The van der Waals surface area contributed by atoms with Crippen molar-refractivity contribution >= 4 is 9.84 Å². The van der Waals surface area contributed by atoms with Crippen LogP contribution in [0.1, 0.15) is 39.5 Å². The van der Waals surface area contributed by atoms with Crippen molar-refractivity contribution in [3.63, 3.8) is 0 Å². The molecule has 4 nitrogen and oxygen atoms in total. The van der Waals surface area contributed by atoms with Crippen LogP contribution >= 0.6 is 0 Å². The first-order valence-electron chi connectivity index (χ1n) is 7.02. The van der Waals surface area contributed by atoms with Crippen LogP contribution in [0.3, 0.4) is 0 Å². The highest BCUT2D eigenvalue weighted by Crippen LogP contribution is 2.14. The molecule has 0 aromatic rings. The summed E-state index contributed by atoms with van der Waals surface area (Å²) in [6.45, 7) is 6.97. The van der Waals surface area contributed by atoms with Gasteiger partial charge in [-0.2, -0.15) is 0 Å². The summed E-state index contributed by atoms with van der Waals surface area (Å²) in [5, 5.41) is 3.32. The quantitative estimate of drug-likeness (QED) is 0.651. The molecule has 0 amide bonds. The number of sulfone groups is 1. The molecular weight excluding hydrogens is 250 g/mol. The SMILES string of the molecule is CC(C)CNCCCCS(=O)(=O)CC1CCCO1. The summed E-state index contributed by atoms with van der Waals surface area (Å²) >= 11 is 0. The van der Waals surface area contributed by atoms with Crippen molar-refractivity contribution in [3.8, 4) is 0 Å². The predicted octanol–water partition coefficient (Wildman–Crippen LogP) is 1.61. The average Bonchev–Trinajstić information content (AvgIpc) is 2.74. The topological polar surface area (TPSA) is 55.4 Å². The van der Waals surface area contributed by atoms with E-state index in [-0.39, 0.29) is 11.9 Å². The minimum Gasteiger partial charge on any atom is -0.377 e. The lowest BCUT2D eigenvalue weighted by Gasteiger charge is -2.10. The zero-order valence-electron chi connectivity index (χ0n) is 11.7. The minimum absolute atomic E-state index is 0.0472. The van der Waals surface area contributed by atoms with Gasteiger partial charge in [-0.05, 0) is 44.7 Å². The standard InChI is InChI=1S/C13H27NO3S/c1-12(2)10-14-7-3-4-9-18(15,16)11-13-6-5-8-17-13/h12-14H,3-11H2,1-2H3. The van der Waals surface area contributed by atoms with Gasteiger partial charge in [-0.25, -0.2) is 8.42 Å². The Morgan fingerprint density at radius 1 is 1.33 bits per heavy atom. The van der Waals surface area contributed by atoms with E-state index < -0.39 is 9.84 Å². The molecule has 1 unspecified atom stereocenters. The Labute approximate surface area is 111 Å². The van der Waals surface area contributed by atoms with Crippen LogP contribution in [-0.2, 0) is 14.6 Å². The van der Waals surface area contributed by atoms with Crippen molar-refractivity contribution in [2.75, 3.05) is 31.2 Å². The van der Waals surface area contributed by atoms with E-state index in [9.17, 15) is 8.42 Å². The van der Waals surface area contributed by atoms with Crippen LogP contribution in [0, 0.1) is 5.92 Å². The smallest absolute Gasteiger partial charge is 0.152 e. The summed E-state index contributed by atoms with van der Waals surface area (Å²) in [5.74, 6) is 1.16. The van der Waals surface area contributed by atoms with Crippen LogP contribution in [0.2, 0.25) is 0 Å². The van der Waals surface area contributed by atoms with E-state index in [4.69, 9.17) is 4.74 Å². The molecule has 0 aromatic carbocycles. The molecule has 0 aromatic heterocycles. The Kier molecular flexibility index (Phi) is 7.19. The zero-order valence-corrected chi connectivity index (χ0v) is 12.5. The highest BCUT2D eigenvalue weighted by molar-refractivity contribution is 7.91. The second-order valence-electron chi connectivity index (χ2n) is 5.55. The van der Waals surface area contributed by atoms with E-state index in [1.807, 2.05) is 0 Å². The Morgan fingerprint density at radius 2 is 2.11 bits per heavy atom. The molecule has 1 rings (SSSR count). The van der Waals surface area contributed by atoms with Gasteiger partial charge in [0.1, 0.15) is 0 Å². The normalized spacial score (nSPS) is 20.7. The second kappa shape index (κ2) is 8.12. The second-order valence-corrected chi connectivity index (χ2v) is 7.78. The van der Waals surface area contributed by atoms with Crippen molar-refractivity contribution in [2.24, 2.45) is 5.92 Å². The molecule has 108 valence electrons. The Bertz CT molecular complexity index is 308. The third kappa shape index (κ3) is 7.34. The summed E-state index contributed by atoms with van der Waals surface area (Å²) in [5.41, 5.74) is 0. The van der Waals surface area contributed by atoms with Gasteiger partial charge in [-0.3, -0.25) is 0 Å². The first-order valence-corrected chi connectivity index (χ1v) is 8.84. The molecule has 0 spiro atoms.